The number of benzene rings is 1. The summed E-state index contributed by atoms with van der Waals surface area (Å²) in [6.45, 7) is 2.43. The van der Waals surface area contributed by atoms with Gasteiger partial charge in [-0.3, -0.25) is 4.99 Å². The zero-order valence-corrected chi connectivity index (χ0v) is 10.2. The van der Waals surface area contributed by atoms with Crippen molar-refractivity contribution in [2.45, 2.75) is 13.5 Å². The lowest BCUT2D eigenvalue weighted by molar-refractivity contribution is 1.07. The van der Waals surface area contributed by atoms with E-state index in [2.05, 4.69) is 15.0 Å². The lowest BCUT2D eigenvalue weighted by Gasteiger charge is -2.02. The summed E-state index contributed by atoms with van der Waals surface area (Å²) in [5.74, 6) is 0.443. The molecule has 0 fully saturated rings. The van der Waals surface area contributed by atoms with Crippen LogP contribution in [0.25, 0.3) is 0 Å². The Morgan fingerprint density at radius 1 is 1.28 bits per heavy atom. The van der Waals surface area contributed by atoms with E-state index in [1.807, 2.05) is 31.2 Å². The van der Waals surface area contributed by atoms with Crippen molar-refractivity contribution < 1.29 is 0 Å². The first-order valence-corrected chi connectivity index (χ1v) is 5.58. The standard InChI is InChI=1S/C13H15N5/c1-9-12(13(15)18-8-17-9)7-16-6-10-3-2-4-11(14)5-10/h2-5,7-8H,6,14H2,1H3,(H2,15,17,18). The van der Waals surface area contributed by atoms with Crippen LogP contribution in [0.2, 0.25) is 0 Å². The molecule has 18 heavy (non-hydrogen) atoms. The fraction of sp³-hybridized carbons (Fsp3) is 0.154. The second-order valence-electron chi connectivity index (χ2n) is 3.97. The van der Waals surface area contributed by atoms with Crippen molar-refractivity contribution in [3.63, 3.8) is 0 Å². The molecule has 0 radical (unpaired) electrons. The maximum atomic E-state index is 5.76. The minimum absolute atomic E-state index is 0.443. The van der Waals surface area contributed by atoms with Crippen LogP contribution in [0.1, 0.15) is 16.8 Å². The second kappa shape index (κ2) is 5.27. The molecule has 2 aromatic rings. The number of aromatic nitrogens is 2. The summed E-state index contributed by atoms with van der Waals surface area (Å²) >= 11 is 0. The van der Waals surface area contributed by atoms with Crippen molar-refractivity contribution in [3.8, 4) is 0 Å². The summed E-state index contributed by atoms with van der Waals surface area (Å²) < 4.78 is 0. The van der Waals surface area contributed by atoms with Gasteiger partial charge in [-0.2, -0.15) is 0 Å². The first-order valence-electron chi connectivity index (χ1n) is 5.58. The van der Waals surface area contributed by atoms with E-state index in [0.717, 1.165) is 22.5 Å². The average Bonchev–Trinajstić information content (AvgIpc) is 2.33. The summed E-state index contributed by atoms with van der Waals surface area (Å²) in [4.78, 5) is 12.3. The van der Waals surface area contributed by atoms with E-state index in [9.17, 15) is 0 Å². The fourth-order valence-corrected chi connectivity index (χ4v) is 1.60. The molecule has 4 N–H and O–H groups in total. The summed E-state index contributed by atoms with van der Waals surface area (Å²) in [7, 11) is 0. The summed E-state index contributed by atoms with van der Waals surface area (Å²) in [5, 5.41) is 0. The Morgan fingerprint density at radius 2 is 2.11 bits per heavy atom. The van der Waals surface area contributed by atoms with Gasteiger partial charge >= 0.3 is 0 Å². The molecule has 0 saturated carbocycles. The van der Waals surface area contributed by atoms with E-state index in [-0.39, 0.29) is 0 Å². The van der Waals surface area contributed by atoms with E-state index < -0.39 is 0 Å². The van der Waals surface area contributed by atoms with Crippen molar-refractivity contribution in [2.75, 3.05) is 11.5 Å². The number of hydrogen-bond acceptors (Lipinski definition) is 5. The van der Waals surface area contributed by atoms with Gasteiger partial charge in [-0.15, -0.1) is 0 Å². The lowest BCUT2D eigenvalue weighted by atomic mass is 10.2. The van der Waals surface area contributed by atoms with Crippen LogP contribution in [0.5, 0.6) is 0 Å². The zero-order chi connectivity index (χ0) is 13.0. The molecule has 2 rings (SSSR count). The molecule has 0 saturated heterocycles. The largest absolute Gasteiger partial charge is 0.399 e. The first-order chi connectivity index (χ1) is 8.66. The Bertz CT molecular complexity index is 557. The van der Waals surface area contributed by atoms with Gasteiger partial charge in [0.2, 0.25) is 0 Å². The first kappa shape index (κ1) is 12.0. The Hall–Kier alpha value is -2.43. The minimum Gasteiger partial charge on any atom is -0.399 e. The smallest absolute Gasteiger partial charge is 0.135 e. The molecule has 1 heterocycles. The quantitative estimate of drug-likeness (QED) is 0.630. The summed E-state index contributed by atoms with van der Waals surface area (Å²) in [5.41, 5.74) is 14.8. The summed E-state index contributed by atoms with van der Waals surface area (Å²) in [6, 6.07) is 7.63. The van der Waals surface area contributed by atoms with Crippen LogP contribution >= 0.6 is 0 Å². The van der Waals surface area contributed by atoms with Crippen LogP contribution in [0.4, 0.5) is 11.5 Å². The van der Waals surface area contributed by atoms with E-state index >= 15 is 0 Å². The minimum atomic E-state index is 0.443. The lowest BCUT2D eigenvalue weighted by Crippen LogP contribution is -2.01. The molecule has 0 spiro atoms. The van der Waals surface area contributed by atoms with Crippen LogP contribution in [0.15, 0.2) is 35.6 Å². The highest BCUT2D eigenvalue weighted by atomic mass is 14.9. The Labute approximate surface area is 106 Å². The third-order valence-electron chi connectivity index (χ3n) is 2.56. The van der Waals surface area contributed by atoms with Crippen LogP contribution in [0, 0.1) is 6.92 Å². The SMILES string of the molecule is Cc1ncnc(N)c1C=NCc1cccc(N)c1. The highest BCUT2D eigenvalue weighted by Crippen LogP contribution is 2.10. The van der Waals surface area contributed by atoms with Crippen molar-refractivity contribution in [2.24, 2.45) is 4.99 Å². The molecule has 0 amide bonds. The molecule has 5 nitrogen and oxygen atoms in total. The van der Waals surface area contributed by atoms with Crippen molar-refractivity contribution in [1.29, 1.82) is 0 Å². The molecule has 92 valence electrons. The van der Waals surface area contributed by atoms with Gasteiger partial charge in [0.25, 0.3) is 0 Å². The van der Waals surface area contributed by atoms with Gasteiger partial charge in [0.05, 0.1) is 17.8 Å². The Morgan fingerprint density at radius 3 is 2.83 bits per heavy atom. The third kappa shape index (κ3) is 2.82. The molecular weight excluding hydrogens is 226 g/mol. The molecule has 0 bridgehead atoms. The third-order valence-corrected chi connectivity index (χ3v) is 2.56. The normalized spacial score (nSPS) is 10.9. The van der Waals surface area contributed by atoms with Gasteiger partial charge in [0.1, 0.15) is 12.1 Å². The number of anilines is 2. The highest BCUT2D eigenvalue weighted by molar-refractivity contribution is 5.86. The van der Waals surface area contributed by atoms with Crippen LogP contribution in [-0.2, 0) is 6.54 Å². The maximum Gasteiger partial charge on any atom is 0.135 e. The average molecular weight is 241 g/mol. The van der Waals surface area contributed by atoms with E-state index in [0.29, 0.717) is 12.4 Å². The Kier molecular flexibility index (Phi) is 3.52. The molecule has 0 aliphatic rings. The molecular formula is C13H15N5. The van der Waals surface area contributed by atoms with E-state index in [1.54, 1.807) is 6.21 Å². The number of nitrogens with two attached hydrogens (primary N) is 2. The predicted molar refractivity (Wildman–Crippen MR) is 73.3 cm³/mol. The van der Waals surface area contributed by atoms with Gasteiger partial charge < -0.3 is 11.5 Å². The number of nitrogen functional groups attached to an aromatic ring is 2. The summed E-state index contributed by atoms with van der Waals surface area (Å²) in [6.07, 6.45) is 3.15. The van der Waals surface area contributed by atoms with Crippen LogP contribution in [-0.4, -0.2) is 16.2 Å². The number of aliphatic imine (C=N–C) groups is 1. The van der Waals surface area contributed by atoms with Crippen LogP contribution in [0.3, 0.4) is 0 Å². The van der Waals surface area contributed by atoms with Crippen molar-refractivity contribution in [1.82, 2.24) is 9.97 Å². The Balaban J connectivity index is 2.12. The van der Waals surface area contributed by atoms with Crippen molar-refractivity contribution >= 4 is 17.7 Å². The van der Waals surface area contributed by atoms with Gasteiger partial charge in [0, 0.05) is 11.9 Å². The van der Waals surface area contributed by atoms with Gasteiger partial charge in [-0.05, 0) is 24.6 Å². The molecule has 1 aromatic heterocycles. The van der Waals surface area contributed by atoms with Gasteiger partial charge in [-0.25, -0.2) is 9.97 Å². The molecule has 0 aliphatic carbocycles. The van der Waals surface area contributed by atoms with Gasteiger partial charge in [-0.1, -0.05) is 12.1 Å². The fourth-order valence-electron chi connectivity index (χ4n) is 1.60. The topological polar surface area (TPSA) is 90.2 Å². The molecule has 1 aromatic carbocycles. The number of nitrogens with zero attached hydrogens (tertiary/aromatic N) is 3. The van der Waals surface area contributed by atoms with Crippen LogP contribution < -0.4 is 11.5 Å². The maximum absolute atomic E-state index is 5.76. The highest BCUT2D eigenvalue weighted by Gasteiger charge is 2.01. The number of hydrogen-bond donors (Lipinski definition) is 2. The molecule has 5 heteroatoms. The molecule has 0 atom stereocenters. The second-order valence-corrected chi connectivity index (χ2v) is 3.97. The molecule has 0 aliphatic heterocycles. The zero-order valence-electron chi connectivity index (χ0n) is 10.2. The monoisotopic (exact) mass is 241 g/mol. The van der Waals surface area contributed by atoms with Crippen molar-refractivity contribution in [3.05, 3.63) is 47.4 Å². The number of aryl methyl sites for hydroxylation is 1. The number of rotatable bonds is 3. The van der Waals surface area contributed by atoms with Gasteiger partial charge in [0.15, 0.2) is 0 Å². The van der Waals surface area contributed by atoms with E-state index in [1.165, 1.54) is 6.33 Å². The predicted octanol–water partition coefficient (Wildman–Crippen LogP) is 1.57. The molecule has 0 unspecified atom stereocenters. The van der Waals surface area contributed by atoms with E-state index in [4.69, 9.17) is 11.5 Å².